The van der Waals surface area contributed by atoms with E-state index < -0.39 is 0 Å². The van der Waals surface area contributed by atoms with Gasteiger partial charge in [-0.3, -0.25) is 10.1 Å². The minimum absolute atomic E-state index is 0.261. The molecule has 0 atom stereocenters. The van der Waals surface area contributed by atoms with E-state index in [0.717, 1.165) is 11.3 Å². The van der Waals surface area contributed by atoms with E-state index in [-0.39, 0.29) is 11.0 Å². The van der Waals surface area contributed by atoms with Crippen molar-refractivity contribution >= 4 is 28.9 Å². The lowest BCUT2D eigenvalue weighted by Gasteiger charge is -2.11. The van der Waals surface area contributed by atoms with Crippen LogP contribution in [0.4, 0.5) is 5.69 Å². The highest BCUT2D eigenvalue weighted by Crippen LogP contribution is 2.17. The van der Waals surface area contributed by atoms with Crippen LogP contribution in [0.15, 0.2) is 78.9 Å². The van der Waals surface area contributed by atoms with Crippen LogP contribution >= 0.6 is 12.2 Å². The van der Waals surface area contributed by atoms with Gasteiger partial charge in [-0.25, -0.2) is 0 Å². The van der Waals surface area contributed by atoms with E-state index in [1.165, 1.54) is 5.56 Å². The highest BCUT2D eigenvalue weighted by atomic mass is 32.1. The minimum atomic E-state index is -0.268. The Hall–Kier alpha value is -3.18. The van der Waals surface area contributed by atoms with E-state index in [1.54, 1.807) is 24.3 Å². The molecule has 5 heteroatoms. The Bertz CT molecular complexity index is 952. The van der Waals surface area contributed by atoms with Crippen LogP contribution in [-0.4, -0.2) is 11.0 Å². The van der Waals surface area contributed by atoms with E-state index in [9.17, 15) is 4.79 Å². The van der Waals surface area contributed by atoms with Crippen molar-refractivity contribution in [3.05, 3.63) is 95.6 Å². The normalized spacial score (nSPS) is 10.4. The topological polar surface area (TPSA) is 50.4 Å². The molecular formula is C24H24N2O2S. The minimum Gasteiger partial charge on any atom is -0.489 e. The Morgan fingerprint density at radius 2 is 1.59 bits per heavy atom. The zero-order valence-corrected chi connectivity index (χ0v) is 17.3. The van der Waals surface area contributed by atoms with Gasteiger partial charge in [0.15, 0.2) is 5.11 Å². The van der Waals surface area contributed by atoms with Gasteiger partial charge < -0.3 is 10.1 Å². The number of amides is 1. The van der Waals surface area contributed by atoms with Gasteiger partial charge in [-0.15, -0.1) is 0 Å². The van der Waals surface area contributed by atoms with E-state index >= 15 is 0 Å². The molecule has 4 nitrogen and oxygen atoms in total. The predicted octanol–water partition coefficient (Wildman–Crippen LogP) is 5.52. The smallest absolute Gasteiger partial charge is 0.257 e. The molecule has 1 amide bonds. The molecule has 0 saturated carbocycles. The number of thiocarbonyl (C=S) groups is 1. The molecule has 0 aliphatic heterocycles. The second-order valence-corrected chi connectivity index (χ2v) is 7.39. The summed E-state index contributed by atoms with van der Waals surface area (Å²) in [6.07, 6.45) is 0. The summed E-state index contributed by atoms with van der Waals surface area (Å²) >= 11 is 5.25. The first-order valence-corrected chi connectivity index (χ1v) is 9.91. The Balaban J connectivity index is 1.51. The van der Waals surface area contributed by atoms with Gasteiger partial charge in [0.05, 0.1) is 0 Å². The highest BCUT2D eigenvalue weighted by molar-refractivity contribution is 7.80. The quantitative estimate of drug-likeness (QED) is 0.532. The molecule has 0 radical (unpaired) electrons. The third kappa shape index (κ3) is 6.16. The number of carbonyl (C=O) groups excluding carboxylic acids is 1. The summed E-state index contributed by atoms with van der Waals surface area (Å²) in [4.78, 5) is 12.4. The second-order valence-electron chi connectivity index (χ2n) is 6.98. The Morgan fingerprint density at radius 1 is 0.931 bits per heavy atom. The van der Waals surface area contributed by atoms with Crippen LogP contribution in [-0.2, 0) is 6.61 Å². The fourth-order valence-electron chi connectivity index (χ4n) is 2.73. The van der Waals surface area contributed by atoms with Gasteiger partial charge in [0.1, 0.15) is 12.4 Å². The number of nitrogens with one attached hydrogen (secondary N) is 2. The average Bonchev–Trinajstić information content (AvgIpc) is 2.73. The van der Waals surface area contributed by atoms with Gasteiger partial charge >= 0.3 is 0 Å². The fourth-order valence-corrected chi connectivity index (χ4v) is 2.94. The van der Waals surface area contributed by atoms with Crippen molar-refractivity contribution < 1.29 is 9.53 Å². The van der Waals surface area contributed by atoms with Crippen LogP contribution in [0.5, 0.6) is 5.75 Å². The third-order valence-corrected chi connectivity index (χ3v) is 4.63. The molecule has 0 aliphatic carbocycles. The Morgan fingerprint density at radius 3 is 2.21 bits per heavy atom. The van der Waals surface area contributed by atoms with Gasteiger partial charge in [0, 0.05) is 11.3 Å². The Labute approximate surface area is 176 Å². The van der Waals surface area contributed by atoms with Crippen LogP contribution in [0, 0.1) is 0 Å². The largest absolute Gasteiger partial charge is 0.489 e. The first kappa shape index (κ1) is 20.6. The van der Waals surface area contributed by atoms with Crippen LogP contribution in [0.3, 0.4) is 0 Å². The van der Waals surface area contributed by atoms with E-state index in [1.807, 2.05) is 54.6 Å². The van der Waals surface area contributed by atoms with Gasteiger partial charge in [-0.2, -0.15) is 0 Å². The molecule has 3 rings (SSSR count). The molecule has 0 heterocycles. The molecule has 29 heavy (non-hydrogen) atoms. The van der Waals surface area contributed by atoms with Crippen molar-refractivity contribution in [2.24, 2.45) is 0 Å². The summed E-state index contributed by atoms with van der Waals surface area (Å²) < 4.78 is 5.74. The molecule has 0 aromatic heterocycles. The standard InChI is InChI=1S/C24H24N2O2S/c1-17(2)19-8-12-21(13-9-19)25-24(29)26-23(27)20-10-14-22(15-11-20)28-16-18-6-4-3-5-7-18/h3-15,17H,16H2,1-2H3,(H2,25,26,27,29). The van der Waals surface area contributed by atoms with E-state index in [0.29, 0.717) is 23.8 Å². The van der Waals surface area contributed by atoms with E-state index in [2.05, 4.69) is 24.5 Å². The fraction of sp³-hybridized carbons (Fsp3) is 0.167. The van der Waals surface area contributed by atoms with Crippen molar-refractivity contribution in [1.82, 2.24) is 5.32 Å². The molecular weight excluding hydrogens is 380 g/mol. The zero-order valence-electron chi connectivity index (χ0n) is 16.5. The average molecular weight is 405 g/mol. The molecule has 0 fully saturated rings. The zero-order chi connectivity index (χ0) is 20.6. The molecule has 0 bridgehead atoms. The number of carbonyl (C=O) groups is 1. The lowest BCUT2D eigenvalue weighted by Crippen LogP contribution is -2.34. The first-order chi connectivity index (χ1) is 14.0. The monoisotopic (exact) mass is 404 g/mol. The molecule has 0 aliphatic rings. The number of hydrogen-bond acceptors (Lipinski definition) is 3. The third-order valence-electron chi connectivity index (χ3n) is 4.43. The maximum atomic E-state index is 12.4. The molecule has 3 aromatic rings. The van der Waals surface area contributed by atoms with Crippen LogP contribution in [0.1, 0.15) is 41.3 Å². The molecule has 148 valence electrons. The SMILES string of the molecule is CC(C)c1ccc(NC(=S)NC(=O)c2ccc(OCc3ccccc3)cc2)cc1. The number of hydrogen-bond donors (Lipinski definition) is 2. The van der Waals surface area contributed by atoms with Crippen molar-refractivity contribution in [3.63, 3.8) is 0 Å². The summed E-state index contributed by atoms with van der Waals surface area (Å²) in [5.74, 6) is 0.905. The van der Waals surface area contributed by atoms with E-state index in [4.69, 9.17) is 17.0 Å². The van der Waals surface area contributed by atoms with Gasteiger partial charge in [0.25, 0.3) is 5.91 Å². The maximum Gasteiger partial charge on any atom is 0.257 e. The number of ether oxygens (including phenoxy) is 1. The van der Waals surface area contributed by atoms with Gasteiger partial charge in [0.2, 0.25) is 0 Å². The molecule has 0 spiro atoms. The molecule has 0 unspecified atom stereocenters. The molecule has 2 N–H and O–H groups in total. The van der Waals surface area contributed by atoms with Crippen molar-refractivity contribution in [2.45, 2.75) is 26.4 Å². The molecule has 0 saturated heterocycles. The predicted molar refractivity (Wildman–Crippen MR) is 121 cm³/mol. The van der Waals surface area contributed by atoms with Crippen LogP contribution in [0.25, 0.3) is 0 Å². The summed E-state index contributed by atoms with van der Waals surface area (Å²) in [6.45, 7) is 4.77. The highest BCUT2D eigenvalue weighted by Gasteiger charge is 2.09. The summed E-state index contributed by atoms with van der Waals surface area (Å²) in [7, 11) is 0. The van der Waals surface area contributed by atoms with Crippen LogP contribution in [0.2, 0.25) is 0 Å². The lowest BCUT2D eigenvalue weighted by atomic mass is 10.0. The van der Waals surface area contributed by atoms with Crippen LogP contribution < -0.4 is 15.4 Å². The Kier molecular flexibility index (Phi) is 6.98. The van der Waals surface area contributed by atoms with Crippen molar-refractivity contribution in [1.29, 1.82) is 0 Å². The van der Waals surface area contributed by atoms with Crippen molar-refractivity contribution in [3.8, 4) is 5.75 Å². The lowest BCUT2D eigenvalue weighted by molar-refractivity contribution is 0.0977. The van der Waals surface area contributed by atoms with Crippen molar-refractivity contribution in [2.75, 3.05) is 5.32 Å². The van der Waals surface area contributed by atoms with Gasteiger partial charge in [-0.1, -0.05) is 56.3 Å². The number of benzene rings is 3. The number of anilines is 1. The maximum absolute atomic E-state index is 12.4. The summed E-state index contributed by atoms with van der Waals surface area (Å²) in [5.41, 5.74) is 3.69. The first-order valence-electron chi connectivity index (χ1n) is 9.50. The number of rotatable bonds is 6. The molecule has 3 aromatic carbocycles. The van der Waals surface area contributed by atoms with Gasteiger partial charge in [-0.05, 0) is 65.7 Å². The summed E-state index contributed by atoms with van der Waals surface area (Å²) in [5, 5.41) is 5.99. The second kappa shape index (κ2) is 9.85. The summed E-state index contributed by atoms with van der Waals surface area (Å²) in [6, 6.07) is 24.9.